The molecule has 4 aromatic rings. The summed E-state index contributed by atoms with van der Waals surface area (Å²) in [5, 5.41) is 11.5. The van der Waals surface area contributed by atoms with E-state index in [1.165, 1.54) is 24.3 Å². The molecule has 1 amide bonds. The molecule has 2 bridgehead atoms. The minimum absolute atomic E-state index is 0.00866. The van der Waals surface area contributed by atoms with Gasteiger partial charge in [-0.15, -0.1) is 6.42 Å². The quantitative estimate of drug-likeness (QED) is 0.220. The Morgan fingerprint density at radius 3 is 2.58 bits per heavy atom. The van der Waals surface area contributed by atoms with E-state index < -0.39 is 23.1 Å². The molecule has 4 saturated heterocycles. The Kier molecular flexibility index (Phi) is 8.69. The number of phenols is 1. The van der Waals surface area contributed by atoms with E-state index in [0.29, 0.717) is 67.0 Å². The molecule has 5 fully saturated rings. The maximum absolute atomic E-state index is 15.0. The monoisotopic (exact) mass is 757 g/mol. The number of phenolic OH excluding ortho intramolecular Hbond substituents is 1. The highest BCUT2D eigenvalue weighted by atomic mass is 19.1. The summed E-state index contributed by atoms with van der Waals surface area (Å²) < 4.78 is 56.5. The molecule has 9 rings (SSSR count). The van der Waals surface area contributed by atoms with Crippen LogP contribution in [0.15, 0.2) is 24.3 Å². The fraction of sp³-hybridized carbons (Fsp3) is 0.550. The smallest absolute Gasteiger partial charge is 0.411 e. The minimum atomic E-state index is -0.916. The second-order valence-corrected chi connectivity index (χ2v) is 16.6. The van der Waals surface area contributed by atoms with Crippen molar-refractivity contribution in [3.05, 3.63) is 35.6 Å². The number of alkyl halides is 1. The number of rotatable bonds is 7. The van der Waals surface area contributed by atoms with E-state index in [4.69, 9.17) is 40.3 Å². The Labute approximate surface area is 317 Å². The van der Waals surface area contributed by atoms with E-state index in [1.54, 1.807) is 4.90 Å². The van der Waals surface area contributed by atoms with Crippen LogP contribution in [0.2, 0.25) is 0 Å². The number of fused-ring (bicyclic) bond motifs is 5. The number of anilines is 1. The molecule has 13 nitrogen and oxygen atoms in total. The summed E-state index contributed by atoms with van der Waals surface area (Å²) in [5.41, 5.74) is -0.139. The molecule has 4 atom stereocenters. The lowest BCUT2D eigenvalue weighted by Crippen LogP contribution is -2.66. The fourth-order valence-electron chi connectivity index (χ4n) is 9.09. The third kappa shape index (κ3) is 6.33. The van der Waals surface area contributed by atoms with E-state index in [9.17, 15) is 14.3 Å². The van der Waals surface area contributed by atoms with Gasteiger partial charge in [-0.2, -0.15) is 15.0 Å². The number of imidazole rings is 1. The first kappa shape index (κ1) is 35.7. The molecule has 2 unspecified atom stereocenters. The number of benzene rings is 2. The molecule has 6 heterocycles. The SMILES string of the molecule is C#Cc1c(F)ccc2cc(O)cc(Oc3nc4nc(OC[C@@]56CCCN5C[C@H](F)C6)nc(N5CC6COCC(C5)N6C(=O)OC(C)(C)C)c4n3C3CCC3)c12. The van der Waals surface area contributed by atoms with Crippen LogP contribution in [0.5, 0.6) is 23.5 Å². The Morgan fingerprint density at radius 2 is 1.87 bits per heavy atom. The normalized spacial score (nSPS) is 25.6. The van der Waals surface area contributed by atoms with Crippen LogP contribution in [-0.4, -0.2) is 116 Å². The Hall–Kier alpha value is -4.94. The summed E-state index contributed by atoms with van der Waals surface area (Å²) in [6.45, 7) is 8.40. The Balaban J connectivity index is 1.16. The largest absolute Gasteiger partial charge is 0.508 e. The number of morpholine rings is 1. The van der Waals surface area contributed by atoms with Crippen molar-refractivity contribution in [3.8, 4) is 35.9 Å². The first-order valence-corrected chi connectivity index (χ1v) is 19.2. The summed E-state index contributed by atoms with van der Waals surface area (Å²) in [6.07, 6.45) is 9.35. The zero-order valence-corrected chi connectivity index (χ0v) is 31.3. The number of halogens is 2. The highest BCUT2D eigenvalue weighted by molar-refractivity contribution is 5.95. The van der Waals surface area contributed by atoms with Crippen molar-refractivity contribution in [3.63, 3.8) is 0 Å². The van der Waals surface area contributed by atoms with Gasteiger partial charge < -0.3 is 29.0 Å². The molecule has 5 aliphatic rings. The van der Waals surface area contributed by atoms with E-state index in [-0.39, 0.29) is 59.9 Å². The van der Waals surface area contributed by atoms with Crippen LogP contribution in [-0.2, 0) is 9.47 Å². The van der Waals surface area contributed by atoms with Gasteiger partial charge in [0.15, 0.2) is 11.5 Å². The highest BCUT2D eigenvalue weighted by Gasteiger charge is 2.50. The average Bonchev–Trinajstić information content (AvgIpc) is 3.74. The molecule has 2 aromatic carbocycles. The van der Waals surface area contributed by atoms with Crippen molar-refractivity contribution in [1.29, 1.82) is 0 Å². The molecule has 1 aliphatic carbocycles. The Morgan fingerprint density at radius 1 is 1.09 bits per heavy atom. The van der Waals surface area contributed by atoms with Crippen LogP contribution in [0.1, 0.15) is 70.9 Å². The number of nitrogens with zero attached hydrogens (tertiary/aromatic N) is 7. The minimum Gasteiger partial charge on any atom is -0.508 e. The molecule has 0 spiro atoms. The lowest BCUT2D eigenvalue weighted by molar-refractivity contribution is -0.0665. The van der Waals surface area contributed by atoms with Crippen LogP contribution >= 0.6 is 0 Å². The van der Waals surface area contributed by atoms with E-state index in [2.05, 4.69) is 15.7 Å². The molecule has 2 aromatic heterocycles. The number of hydrogen-bond acceptors (Lipinski definition) is 11. The molecule has 1 saturated carbocycles. The number of hydrogen-bond donors (Lipinski definition) is 1. The van der Waals surface area contributed by atoms with Gasteiger partial charge in [0.1, 0.15) is 41.2 Å². The number of aromatic hydroxyl groups is 1. The predicted molar refractivity (Wildman–Crippen MR) is 199 cm³/mol. The van der Waals surface area contributed by atoms with E-state index in [1.807, 2.05) is 25.3 Å². The predicted octanol–water partition coefficient (Wildman–Crippen LogP) is 6.10. The third-order valence-corrected chi connectivity index (χ3v) is 11.7. The summed E-state index contributed by atoms with van der Waals surface area (Å²) in [6, 6.07) is 5.32. The number of aromatic nitrogens is 4. The zero-order chi connectivity index (χ0) is 38.2. The van der Waals surface area contributed by atoms with Crippen LogP contribution in [0.3, 0.4) is 0 Å². The maximum Gasteiger partial charge on any atom is 0.411 e. The topological polar surface area (TPSA) is 128 Å². The van der Waals surface area contributed by atoms with Gasteiger partial charge in [-0.3, -0.25) is 14.4 Å². The van der Waals surface area contributed by atoms with E-state index in [0.717, 1.165) is 38.6 Å². The van der Waals surface area contributed by atoms with Gasteiger partial charge in [-0.25, -0.2) is 13.6 Å². The van der Waals surface area contributed by atoms with Crippen LogP contribution in [0.25, 0.3) is 21.9 Å². The van der Waals surface area contributed by atoms with Gasteiger partial charge in [0.05, 0.1) is 36.4 Å². The zero-order valence-electron chi connectivity index (χ0n) is 31.3. The fourth-order valence-corrected chi connectivity index (χ4v) is 9.09. The van der Waals surface area contributed by atoms with Crippen LogP contribution in [0.4, 0.5) is 19.4 Å². The number of amides is 1. The molecule has 290 valence electrons. The third-order valence-electron chi connectivity index (χ3n) is 11.7. The van der Waals surface area contributed by atoms with Crippen molar-refractivity contribution in [2.24, 2.45) is 0 Å². The standard InChI is InChI=1S/C40H45F2N7O6/c1-5-29-30(42)11-10-23-14-28(50)15-31(32(23)29)54-37-44-34-33(49(37)25-8-6-9-25)35(45-36(43-34)53-22-40-12-7-13-47(40)17-24(41)16-40)46-18-26-20-52-21-27(19-46)48(26)38(51)55-39(2,3)4/h1,10-11,14-15,24-27,50H,6-9,12-13,16-22H2,2-4H3/t24-,26?,27?,40+/m1/s1. The number of carbonyl (C=O) groups is 1. The number of terminal acetylenes is 1. The van der Waals surface area contributed by atoms with Gasteiger partial charge in [-0.1, -0.05) is 12.0 Å². The Bertz CT molecular complexity index is 2200. The van der Waals surface area contributed by atoms with Crippen molar-refractivity contribution < 1.29 is 37.6 Å². The van der Waals surface area contributed by atoms with Gasteiger partial charge in [0.25, 0.3) is 0 Å². The summed E-state index contributed by atoms with van der Waals surface area (Å²) in [7, 11) is 0. The van der Waals surface area contributed by atoms with Crippen molar-refractivity contribution in [1.82, 2.24) is 29.3 Å². The first-order valence-electron chi connectivity index (χ1n) is 19.2. The lowest BCUT2D eigenvalue weighted by Gasteiger charge is -2.49. The summed E-state index contributed by atoms with van der Waals surface area (Å²) in [4.78, 5) is 34.4. The second kappa shape index (κ2) is 13.4. The van der Waals surface area contributed by atoms with Crippen molar-refractivity contribution >= 4 is 33.8 Å². The highest BCUT2D eigenvalue weighted by Crippen LogP contribution is 2.45. The van der Waals surface area contributed by atoms with Gasteiger partial charge in [0, 0.05) is 43.5 Å². The van der Waals surface area contributed by atoms with Crippen LogP contribution in [0, 0.1) is 18.2 Å². The number of carbonyl (C=O) groups excluding carboxylic acids is 1. The van der Waals surface area contributed by atoms with Crippen molar-refractivity contribution in [2.45, 2.75) is 94.7 Å². The lowest BCUT2D eigenvalue weighted by atomic mass is 9.93. The molecular formula is C40H45F2N7O6. The molecule has 1 N–H and O–H groups in total. The van der Waals surface area contributed by atoms with Gasteiger partial charge in [-0.05, 0) is 76.9 Å². The summed E-state index contributed by atoms with van der Waals surface area (Å²) in [5.74, 6) is 2.47. The second-order valence-electron chi connectivity index (χ2n) is 16.6. The number of ether oxygens (including phenoxy) is 4. The molecule has 4 aliphatic heterocycles. The maximum atomic E-state index is 15.0. The molecule has 55 heavy (non-hydrogen) atoms. The first-order chi connectivity index (χ1) is 26.4. The summed E-state index contributed by atoms with van der Waals surface area (Å²) >= 11 is 0. The van der Waals surface area contributed by atoms with Crippen molar-refractivity contribution in [2.75, 3.05) is 50.9 Å². The molecular weight excluding hydrogens is 712 g/mol. The van der Waals surface area contributed by atoms with Gasteiger partial charge >= 0.3 is 18.1 Å². The van der Waals surface area contributed by atoms with Crippen LogP contribution < -0.4 is 14.4 Å². The number of piperazine rings is 1. The van der Waals surface area contributed by atoms with Gasteiger partial charge in [0.2, 0.25) is 0 Å². The van der Waals surface area contributed by atoms with E-state index >= 15 is 4.39 Å². The molecule has 0 radical (unpaired) electrons. The average molecular weight is 758 g/mol. The molecule has 15 heteroatoms.